The molecule has 0 saturated carbocycles. The minimum atomic E-state index is -0.0962. The van der Waals surface area contributed by atoms with Gasteiger partial charge in [0, 0.05) is 18.7 Å². The molecule has 0 atom stereocenters. The summed E-state index contributed by atoms with van der Waals surface area (Å²) in [6.07, 6.45) is 3.70. The Bertz CT molecular complexity index is 969. The predicted molar refractivity (Wildman–Crippen MR) is 131 cm³/mol. The van der Waals surface area contributed by atoms with Gasteiger partial charge < -0.3 is 10.1 Å². The fourth-order valence-corrected chi connectivity index (χ4v) is 4.42. The molecule has 1 aliphatic rings. The third-order valence-electron chi connectivity index (χ3n) is 4.79. The number of carbonyl (C=O) groups excluding carboxylic acids is 2. The summed E-state index contributed by atoms with van der Waals surface area (Å²) >= 11 is 6.69. The molecule has 5 nitrogen and oxygen atoms in total. The molecule has 0 spiro atoms. The molecule has 0 aliphatic carbocycles. The van der Waals surface area contributed by atoms with Crippen LogP contribution in [0.2, 0.25) is 0 Å². The monoisotopic (exact) mass is 454 g/mol. The molecule has 1 heterocycles. The van der Waals surface area contributed by atoms with E-state index in [0.29, 0.717) is 35.2 Å². The number of anilines is 1. The maximum Gasteiger partial charge on any atom is 0.266 e. The maximum atomic E-state index is 12.7. The molecule has 7 heteroatoms. The Morgan fingerprint density at radius 3 is 2.48 bits per heavy atom. The van der Waals surface area contributed by atoms with Crippen molar-refractivity contribution in [3.8, 4) is 5.75 Å². The zero-order chi connectivity index (χ0) is 22.2. The third-order valence-corrected chi connectivity index (χ3v) is 6.17. The minimum Gasteiger partial charge on any atom is -0.494 e. The Morgan fingerprint density at radius 1 is 1.13 bits per heavy atom. The van der Waals surface area contributed by atoms with Crippen molar-refractivity contribution in [3.05, 3.63) is 64.6 Å². The van der Waals surface area contributed by atoms with Crippen molar-refractivity contribution in [2.45, 2.75) is 33.1 Å². The molecule has 0 radical (unpaired) electrons. The number of hydrogen-bond donors (Lipinski definition) is 1. The van der Waals surface area contributed by atoms with E-state index in [1.165, 1.54) is 17.3 Å². The molecular formula is C24H26N2O3S2. The fraction of sp³-hybridized carbons (Fsp3) is 0.292. The van der Waals surface area contributed by atoms with Gasteiger partial charge in [-0.3, -0.25) is 14.5 Å². The van der Waals surface area contributed by atoms with Crippen molar-refractivity contribution in [1.29, 1.82) is 0 Å². The van der Waals surface area contributed by atoms with Gasteiger partial charge in [-0.15, -0.1) is 0 Å². The molecule has 0 bridgehead atoms. The van der Waals surface area contributed by atoms with E-state index in [9.17, 15) is 9.59 Å². The van der Waals surface area contributed by atoms with E-state index in [4.69, 9.17) is 17.0 Å². The van der Waals surface area contributed by atoms with Crippen molar-refractivity contribution in [2.75, 3.05) is 18.5 Å². The second-order valence-corrected chi connectivity index (χ2v) is 8.71. The highest BCUT2D eigenvalue weighted by Gasteiger charge is 2.31. The van der Waals surface area contributed by atoms with E-state index in [1.807, 2.05) is 49.4 Å². The number of carbonyl (C=O) groups is 2. The number of aryl methyl sites for hydroxylation is 1. The van der Waals surface area contributed by atoms with Gasteiger partial charge in [-0.1, -0.05) is 55.2 Å². The molecule has 0 aromatic heterocycles. The van der Waals surface area contributed by atoms with Crippen molar-refractivity contribution in [2.24, 2.45) is 0 Å². The first kappa shape index (κ1) is 23.0. The SMILES string of the molecule is CCOc1ccc(NC(=O)CCCN2C(=O)/C(=C\c3ccc(CC)cc3)SC2=S)cc1. The summed E-state index contributed by atoms with van der Waals surface area (Å²) in [7, 11) is 0. The van der Waals surface area contributed by atoms with Crippen LogP contribution in [0.1, 0.15) is 37.8 Å². The summed E-state index contributed by atoms with van der Waals surface area (Å²) in [4.78, 5) is 27.2. The van der Waals surface area contributed by atoms with E-state index >= 15 is 0 Å². The summed E-state index contributed by atoms with van der Waals surface area (Å²) < 4.78 is 5.93. The number of thioether (sulfide) groups is 1. The minimum absolute atomic E-state index is 0.0958. The number of rotatable bonds is 9. The normalized spacial score (nSPS) is 14.9. The lowest BCUT2D eigenvalue weighted by Crippen LogP contribution is -2.29. The second kappa shape index (κ2) is 11.1. The smallest absolute Gasteiger partial charge is 0.266 e. The topological polar surface area (TPSA) is 58.6 Å². The Hall–Kier alpha value is -2.64. The molecule has 1 saturated heterocycles. The average molecular weight is 455 g/mol. The number of nitrogens with one attached hydrogen (secondary N) is 1. The predicted octanol–water partition coefficient (Wildman–Crippen LogP) is 5.27. The van der Waals surface area contributed by atoms with Crippen molar-refractivity contribution >= 4 is 51.9 Å². The molecule has 0 unspecified atom stereocenters. The molecule has 1 fully saturated rings. The van der Waals surface area contributed by atoms with Gasteiger partial charge >= 0.3 is 0 Å². The highest BCUT2D eigenvalue weighted by molar-refractivity contribution is 8.26. The highest BCUT2D eigenvalue weighted by atomic mass is 32.2. The van der Waals surface area contributed by atoms with E-state index in [-0.39, 0.29) is 11.8 Å². The zero-order valence-corrected chi connectivity index (χ0v) is 19.4. The first-order chi connectivity index (χ1) is 15.0. The van der Waals surface area contributed by atoms with Gasteiger partial charge in [0.15, 0.2) is 0 Å². The molecule has 2 aromatic carbocycles. The summed E-state index contributed by atoms with van der Waals surface area (Å²) in [5.41, 5.74) is 2.96. The summed E-state index contributed by atoms with van der Waals surface area (Å²) in [6, 6.07) is 15.4. The number of amides is 2. The van der Waals surface area contributed by atoms with Gasteiger partial charge in [-0.05, 0) is 61.2 Å². The Kier molecular flexibility index (Phi) is 8.26. The second-order valence-electron chi connectivity index (χ2n) is 7.04. The van der Waals surface area contributed by atoms with E-state index < -0.39 is 0 Å². The van der Waals surface area contributed by atoms with E-state index in [2.05, 4.69) is 24.4 Å². The van der Waals surface area contributed by atoms with Gasteiger partial charge in [0.2, 0.25) is 5.91 Å². The molecule has 3 rings (SSSR count). The Morgan fingerprint density at radius 2 is 1.84 bits per heavy atom. The lowest BCUT2D eigenvalue weighted by atomic mass is 10.1. The first-order valence-corrected chi connectivity index (χ1v) is 11.6. The van der Waals surface area contributed by atoms with Crippen LogP contribution >= 0.6 is 24.0 Å². The van der Waals surface area contributed by atoms with Crippen molar-refractivity contribution in [3.63, 3.8) is 0 Å². The van der Waals surface area contributed by atoms with Crippen molar-refractivity contribution < 1.29 is 14.3 Å². The van der Waals surface area contributed by atoms with Gasteiger partial charge in [-0.2, -0.15) is 0 Å². The lowest BCUT2D eigenvalue weighted by molar-refractivity contribution is -0.122. The van der Waals surface area contributed by atoms with Crippen LogP contribution in [0.5, 0.6) is 5.75 Å². The Balaban J connectivity index is 1.49. The number of thiocarbonyl (C=S) groups is 1. The molecule has 2 amide bonds. The number of hydrogen-bond acceptors (Lipinski definition) is 5. The van der Waals surface area contributed by atoms with Crippen LogP contribution in [0.15, 0.2) is 53.4 Å². The van der Waals surface area contributed by atoms with Gasteiger partial charge in [0.1, 0.15) is 10.1 Å². The number of ether oxygens (including phenoxy) is 1. The average Bonchev–Trinajstić information content (AvgIpc) is 3.03. The number of nitrogens with zero attached hydrogens (tertiary/aromatic N) is 1. The Labute approximate surface area is 192 Å². The zero-order valence-electron chi connectivity index (χ0n) is 17.7. The molecule has 162 valence electrons. The molecule has 2 aromatic rings. The van der Waals surface area contributed by atoms with Crippen LogP contribution in [0.3, 0.4) is 0 Å². The van der Waals surface area contributed by atoms with Crippen LogP contribution in [-0.2, 0) is 16.0 Å². The van der Waals surface area contributed by atoms with Gasteiger partial charge in [0.05, 0.1) is 11.5 Å². The van der Waals surface area contributed by atoms with Crippen LogP contribution in [-0.4, -0.2) is 34.2 Å². The van der Waals surface area contributed by atoms with Crippen LogP contribution in [0.25, 0.3) is 6.08 Å². The standard InChI is InChI=1S/C24H26N2O3S2/c1-3-17-7-9-18(10-8-17)16-21-23(28)26(24(30)31-21)15-5-6-22(27)25-19-11-13-20(14-12-19)29-4-2/h7-14,16H,3-6,15H2,1-2H3,(H,25,27)/b21-16+. The van der Waals surface area contributed by atoms with Crippen molar-refractivity contribution in [1.82, 2.24) is 4.90 Å². The molecule has 1 aliphatic heterocycles. The van der Waals surface area contributed by atoms with Gasteiger partial charge in [-0.25, -0.2) is 0 Å². The summed E-state index contributed by atoms with van der Waals surface area (Å²) in [6.45, 7) is 5.06. The quantitative estimate of drug-likeness (QED) is 0.413. The fourth-order valence-electron chi connectivity index (χ4n) is 3.12. The number of benzene rings is 2. The maximum absolute atomic E-state index is 12.7. The highest BCUT2D eigenvalue weighted by Crippen LogP contribution is 2.32. The van der Waals surface area contributed by atoms with Gasteiger partial charge in [0.25, 0.3) is 5.91 Å². The first-order valence-electron chi connectivity index (χ1n) is 10.4. The summed E-state index contributed by atoms with van der Waals surface area (Å²) in [5, 5.41) is 2.86. The van der Waals surface area contributed by atoms with Crippen LogP contribution in [0, 0.1) is 0 Å². The molecule has 31 heavy (non-hydrogen) atoms. The van der Waals surface area contributed by atoms with Crippen LogP contribution < -0.4 is 10.1 Å². The van der Waals surface area contributed by atoms with E-state index in [1.54, 1.807) is 4.90 Å². The van der Waals surface area contributed by atoms with E-state index in [0.717, 1.165) is 23.4 Å². The lowest BCUT2D eigenvalue weighted by Gasteiger charge is -2.14. The van der Waals surface area contributed by atoms with Crippen LogP contribution in [0.4, 0.5) is 5.69 Å². The third kappa shape index (κ3) is 6.42. The molecule has 1 N–H and O–H groups in total. The largest absolute Gasteiger partial charge is 0.494 e. The summed E-state index contributed by atoms with van der Waals surface area (Å²) in [5.74, 6) is 0.576. The molecular weight excluding hydrogens is 428 g/mol.